The number of rotatable bonds is 32. The lowest BCUT2D eigenvalue weighted by Gasteiger charge is -2.26. The summed E-state index contributed by atoms with van der Waals surface area (Å²) in [4.78, 5) is 24.1. The van der Waals surface area contributed by atoms with Gasteiger partial charge in [0.05, 0.1) is 11.8 Å². The Balaban J connectivity index is 3.96. The van der Waals surface area contributed by atoms with Gasteiger partial charge in [-0.15, -0.1) is 0 Å². The summed E-state index contributed by atoms with van der Waals surface area (Å²) >= 11 is 0. The van der Waals surface area contributed by atoms with E-state index in [-0.39, 0.29) is 5.92 Å². The molecule has 2 N–H and O–H groups in total. The molecule has 2 atom stereocenters. The van der Waals surface area contributed by atoms with Gasteiger partial charge in [0, 0.05) is 0 Å². The summed E-state index contributed by atoms with van der Waals surface area (Å²) in [7, 11) is 0. The Kier molecular flexibility index (Phi) is 28.0. The van der Waals surface area contributed by atoms with Crippen LogP contribution in [0.25, 0.3) is 0 Å². The second kappa shape index (κ2) is 28.7. The standard InChI is InChI=1S/C38H74O4/c1-32(2)28-24-20-16-12-8-6-10-14-18-22-26-30-35(37(39)40)34(5)36(38(41)42)31-27-23-19-15-11-7-9-13-17-21-25-29-33(3)4/h32-36H,6-31H2,1-5H3,(H,39,40)(H,41,42). The third-order valence-electron chi connectivity index (χ3n) is 9.50. The quantitative estimate of drug-likeness (QED) is 0.0760. The molecular weight excluding hydrogens is 520 g/mol. The monoisotopic (exact) mass is 595 g/mol. The van der Waals surface area contributed by atoms with Crippen molar-refractivity contribution in [2.45, 2.75) is 202 Å². The predicted octanol–water partition coefficient (Wildman–Crippen LogP) is 12.5. The Morgan fingerprint density at radius 2 is 0.548 bits per heavy atom. The first-order chi connectivity index (χ1) is 20.2. The molecule has 4 heteroatoms. The highest BCUT2D eigenvalue weighted by atomic mass is 16.4. The van der Waals surface area contributed by atoms with E-state index in [4.69, 9.17) is 0 Å². The molecule has 0 aliphatic heterocycles. The summed E-state index contributed by atoms with van der Waals surface area (Å²) in [6, 6.07) is 0. The largest absolute Gasteiger partial charge is 0.481 e. The van der Waals surface area contributed by atoms with Crippen LogP contribution in [0.2, 0.25) is 0 Å². The minimum Gasteiger partial charge on any atom is -0.481 e. The summed E-state index contributed by atoms with van der Waals surface area (Å²) in [6.45, 7) is 11.1. The maximum Gasteiger partial charge on any atom is 0.306 e. The smallest absolute Gasteiger partial charge is 0.306 e. The van der Waals surface area contributed by atoms with E-state index < -0.39 is 23.8 Å². The van der Waals surface area contributed by atoms with Crippen molar-refractivity contribution in [3.8, 4) is 0 Å². The Bertz CT molecular complexity index is 562. The van der Waals surface area contributed by atoms with Crippen LogP contribution in [0, 0.1) is 29.6 Å². The normalized spacial score (nSPS) is 14.0. The maximum absolute atomic E-state index is 12.0. The van der Waals surface area contributed by atoms with Crippen molar-refractivity contribution in [3.63, 3.8) is 0 Å². The fraction of sp³-hybridized carbons (Fsp3) is 0.947. The number of hydrogen-bond acceptors (Lipinski definition) is 2. The molecule has 0 spiro atoms. The van der Waals surface area contributed by atoms with Crippen LogP contribution >= 0.6 is 0 Å². The first kappa shape index (κ1) is 40.9. The van der Waals surface area contributed by atoms with E-state index in [2.05, 4.69) is 27.7 Å². The molecule has 0 bridgehead atoms. The van der Waals surface area contributed by atoms with Crippen LogP contribution in [-0.4, -0.2) is 22.2 Å². The first-order valence-electron chi connectivity index (χ1n) is 18.6. The number of carbonyl (C=O) groups is 2. The van der Waals surface area contributed by atoms with Gasteiger partial charge < -0.3 is 10.2 Å². The summed E-state index contributed by atoms with van der Waals surface area (Å²) in [5.41, 5.74) is 0. The van der Waals surface area contributed by atoms with E-state index in [9.17, 15) is 19.8 Å². The number of carboxylic acid groups (broad SMARTS) is 2. The van der Waals surface area contributed by atoms with E-state index in [1.165, 1.54) is 116 Å². The molecule has 0 aliphatic rings. The lowest BCUT2D eigenvalue weighted by Crippen LogP contribution is -2.32. The zero-order chi connectivity index (χ0) is 31.4. The van der Waals surface area contributed by atoms with Crippen molar-refractivity contribution in [1.82, 2.24) is 0 Å². The molecule has 2 unspecified atom stereocenters. The molecule has 0 saturated heterocycles. The van der Waals surface area contributed by atoms with Crippen LogP contribution in [0.4, 0.5) is 0 Å². The van der Waals surface area contributed by atoms with Gasteiger partial charge in [-0.2, -0.15) is 0 Å². The molecule has 0 aromatic carbocycles. The van der Waals surface area contributed by atoms with E-state index in [0.29, 0.717) is 12.8 Å². The Morgan fingerprint density at radius 3 is 0.738 bits per heavy atom. The zero-order valence-electron chi connectivity index (χ0n) is 29.0. The fourth-order valence-electron chi connectivity index (χ4n) is 6.52. The average Bonchev–Trinajstić information content (AvgIpc) is 2.92. The predicted molar refractivity (Wildman–Crippen MR) is 181 cm³/mol. The number of carboxylic acids is 2. The Morgan fingerprint density at radius 1 is 0.357 bits per heavy atom. The highest BCUT2D eigenvalue weighted by Gasteiger charge is 2.34. The molecule has 0 heterocycles. The summed E-state index contributed by atoms with van der Waals surface area (Å²) in [6.07, 6.45) is 31.5. The highest BCUT2D eigenvalue weighted by Crippen LogP contribution is 2.30. The number of hydrogen-bond donors (Lipinski definition) is 2. The van der Waals surface area contributed by atoms with Gasteiger partial charge in [0.15, 0.2) is 0 Å². The van der Waals surface area contributed by atoms with Crippen LogP contribution in [-0.2, 0) is 9.59 Å². The molecule has 42 heavy (non-hydrogen) atoms. The molecule has 0 radical (unpaired) electrons. The lowest BCUT2D eigenvalue weighted by atomic mass is 9.78. The van der Waals surface area contributed by atoms with Crippen LogP contribution in [0.15, 0.2) is 0 Å². The second-order valence-electron chi connectivity index (χ2n) is 14.5. The van der Waals surface area contributed by atoms with Gasteiger partial charge >= 0.3 is 11.9 Å². The number of unbranched alkanes of at least 4 members (excludes halogenated alkanes) is 20. The molecule has 0 fully saturated rings. The van der Waals surface area contributed by atoms with Crippen LogP contribution < -0.4 is 0 Å². The molecule has 0 aromatic heterocycles. The number of aliphatic carboxylic acids is 2. The SMILES string of the molecule is CC(C)CCCCCCCCCCCCCC(C(=O)O)C(C)C(CCCCCCCCCCCCCC(C)C)C(=O)O. The Labute approximate surface area is 262 Å². The van der Waals surface area contributed by atoms with E-state index >= 15 is 0 Å². The van der Waals surface area contributed by atoms with Crippen LogP contribution in [0.5, 0.6) is 0 Å². The fourth-order valence-corrected chi connectivity index (χ4v) is 6.52. The van der Waals surface area contributed by atoms with E-state index in [0.717, 1.165) is 50.4 Å². The van der Waals surface area contributed by atoms with Crippen LogP contribution in [0.3, 0.4) is 0 Å². The molecule has 0 aromatic rings. The van der Waals surface area contributed by atoms with Crippen molar-refractivity contribution < 1.29 is 19.8 Å². The molecule has 0 aliphatic carbocycles. The third-order valence-corrected chi connectivity index (χ3v) is 9.50. The summed E-state index contributed by atoms with van der Waals surface area (Å²) in [5.74, 6) is -1.39. The maximum atomic E-state index is 12.0. The van der Waals surface area contributed by atoms with Gasteiger partial charge in [-0.25, -0.2) is 0 Å². The zero-order valence-corrected chi connectivity index (χ0v) is 29.0. The molecular formula is C38H74O4. The van der Waals surface area contributed by atoms with Crippen molar-refractivity contribution in [1.29, 1.82) is 0 Å². The van der Waals surface area contributed by atoms with E-state index in [1.807, 2.05) is 6.92 Å². The third kappa shape index (κ3) is 25.4. The van der Waals surface area contributed by atoms with Crippen molar-refractivity contribution >= 4 is 11.9 Å². The van der Waals surface area contributed by atoms with Gasteiger partial charge in [0.1, 0.15) is 0 Å². The van der Waals surface area contributed by atoms with Crippen LogP contribution in [0.1, 0.15) is 202 Å². The lowest BCUT2D eigenvalue weighted by molar-refractivity contribution is -0.149. The summed E-state index contributed by atoms with van der Waals surface area (Å²) in [5, 5.41) is 19.8. The van der Waals surface area contributed by atoms with Gasteiger partial charge in [0.25, 0.3) is 0 Å². The van der Waals surface area contributed by atoms with Gasteiger partial charge in [-0.1, -0.05) is 189 Å². The van der Waals surface area contributed by atoms with Crippen molar-refractivity contribution in [2.75, 3.05) is 0 Å². The molecule has 250 valence electrons. The van der Waals surface area contributed by atoms with Crippen molar-refractivity contribution in [3.05, 3.63) is 0 Å². The van der Waals surface area contributed by atoms with Crippen molar-refractivity contribution in [2.24, 2.45) is 29.6 Å². The van der Waals surface area contributed by atoms with Gasteiger partial charge in [-0.05, 0) is 30.6 Å². The van der Waals surface area contributed by atoms with Gasteiger partial charge in [-0.3, -0.25) is 9.59 Å². The molecule has 0 saturated carbocycles. The minimum absolute atomic E-state index is 0.318. The second-order valence-corrected chi connectivity index (χ2v) is 14.5. The molecule has 0 rings (SSSR count). The molecule has 4 nitrogen and oxygen atoms in total. The molecule has 0 amide bonds. The summed E-state index contributed by atoms with van der Waals surface area (Å²) < 4.78 is 0. The average molecular weight is 595 g/mol. The highest BCUT2D eigenvalue weighted by molar-refractivity contribution is 5.74. The topological polar surface area (TPSA) is 74.6 Å². The first-order valence-corrected chi connectivity index (χ1v) is 18.6. The van der Waals surface area contributed by atoms with Gasteiger partial charge in [0.2, 0.25) is 0 Å². The van der Waals surface area contributed by atoms with E-state index in [1.54, 1.807) is 0 Å². The Hall–Kier alpha value is -1.06. The minimum atomic E-state index is -0.818.